The predicted molar refractivity (Wildman–Crippen MR) is 108 cm³/mol. The van der Waals surface area contributed by atoms with Crippen LogP contribution >= 0.6 is 0 Å². The molecular weight excluding hydrogens is 338 g/mol. The number of nitrogens with zero attached hydrogens (tertiary/aromatic N) is 1. The summed E-state index contributed by atoms with van der Waals surface area (Å²) in [6, 6.07) is 14.5. The number of benzene rings is 2. The third kappa shape index (κ3) is 5.24. The summed E-state index contributed by atoms with van der Waals surface area (Å²) in [4.78, 5) is 2.41. The fourth-order valence-corrected chi connectivity index (χ4v) is 3.69. The topological polar surface area (TPSA) is 41.9 Å². The molecular formula is C23H31NO3. The molecule has 4 heteroatoms. The van der Waals surface area contributed by atoms with Crippen molar-refractivity contribution in [2.24, 2.45) is 5.92 Å². The van der Waals surface area contributed by atoms with Gasteiger partial charge in [-0.1, -0.05) is 42.8 Å². The zero-order valence-electron chi connectivity index (χ0n) is 16.6. The van der Waals surface area contributed by atoms with E-state index < -0.39 is 0 Å². The number of aliphatic hydroxyl groups excluding tert-OH is 1. The molecule has 0 spiro atoms. The van der Waals surface area contributed by atoms with Crippen LogP contribution < -0.4 is 9.47 Å². The lowest BCUT2D eigenvalue weighted by Gasteiger charge is -2.35. The van der Waals surface area contributed by atoms with Gasteiger partial charge in [-0.3, -0.25) is 0 Å². The van der Waals surface area contributed by atoms with Crippen molar-refractivity contribution in [3.63, 3.8) is 0 Å². The third-order valence-electron chi connectivity index (χ3n) is 5.47. The Hall–Kier alpha value is -2.04. The number of piperidine rings is 1. The van der Waals surface area contributed by atoms with Gasteiger partial charge in [-0.15, -0.1) is 0 Å². The first kappa shape index (κ1) is 19.7. The molecule has 146 valence electrons. The summed E-state index contributed by atoms with van der Waals surface area (Å²) in [5.41, 5.74) is 3.56. The summed E-state index contributed by atoms with van der Waals surface area (Å²) in [6.07, 6.45) is 1.48. The van der Waals surface area contributed by atoms with E-state index in [0.717, 1.165) is 49.5 Å². The van der Waals surface area contributed by atoms with Crippen LogP contribution in [-0.4, -0.2) is 42.9 Å². The molecule has 1 aliphatic rings. The van der Waals surface area contributed by atoms with Crippen LogP contribution in [0.4, 0.5) is 0 Å². The van der Waals surface area contributed by atoms with Gasteiger partial charge in [0.05, 0.1) is 13.2 Å². The number of aryl methyl sites for hydroxylation is 1. The maximum atomic E-state index is 10.4. The first-order valence-corrected chi connectivity index (χ1v) is 9.84. The van der Waals surface area contributed by atoms with Gasteiger partial charge in [-0.05, 0) is 49.6 Å². The molecule has 2 unspecified atom stereocenters. The first-order chi connectivity index (χ1) is 13.1. The molecule has 2 atom stereocenters. The molecule has 3 rings (SSSR count). The molecule has 4 nitrogen and oxygen atoms in total. The molecule has 27 heavy (non-hydrogen) atoms. The number of ether oxygens (including phenoxy) is 2. The van der Waals surface area contributed by atoms with Crippen molar-refractivity contribution in [3.05, 3.63) is 59.2 Å². The average molecular weight is 370 g/mol. The molecule has 0 aromatic heterocycles. The van der Waals surface area contributed by atoms with E-state index in [1.54, 1.807) is 7.11 Å². The molecule has 0 amide bonds. The number of aliphatic hydroxyl groups is 1. The minimum absolute atomic E-state index is 0.226. The van der Waals surface area contributed by atoms with E-state index >= 15 is 0 Å². The largest absolute Gasteiger partial charge is 0.493 e. The molecule has 0 aliphatic carbocycles. The van der Waals surface area contributed by atoms with E-state index in [1.165, 1.54) is 11.1 Å². The van der Waals surface area contributed by atoms with Crippen LogP contribution in [0.15, 0.2) is 42.5 Å². The Morgan fingerprint density at radius 2 is 1.81 bits per heavy atom. The van der Waals surface area contributed by atoms with Crippen LogP contribution in [0.3, 0.4) is 0 Å². The van der Waals surface area contributed by atoms with Gasteiger partial charge in [0.2, 0.25) is 0 Å². The highest BCUT2D eigenvalue weighted by Gasteiger charge is 2.27. The summed E-state index contributed by atoms with van der Waals surface area (Å²) in [6.45, 7) is 7.75. The van der Waals surface area contributed by atoms with Gasteiger partial charge in [0.25, 0.3) is 0 Å². The van der Waals surface area contributed by atoms with E-state index in [1.807, 2.05) is 12.1 Å². The van der Waals surface area contributed by atoms with Gasteiger partial charge in [-0.25, -0.2) is 0 Å². The van der Waals surface area contributed by atoms with Gasteiger partial charge in [-0.2, -0.15) is 0 Å². The summed E-state index contributed by atoms with van der Waals surface area (Å²) in [7, 11) is 1.67. The van der Waals surface area contributed by atoms with Crippen LogP contribution in [0.2, 0.25) is 0 Å². The highest BCUT2D eigenvalue weighted by Crippen LogP contribution is 2.31. The second-order valence-electron chi connectivity index (χ2n) is 7.47. The average Bonchev–Trinajstić information content (AvgIpc) is 2.69. The standard InChI is InChI=1S/C23H31NO3/c1-4-24-12-11-21(25)20(15-24)13-19-9-10-22(23(14-19)26-3)27-16-18-7-5-17(2)6-8-18/h5-10,14,20-21,25H,4,11-13,15-16H2,1-3H3. The number of hydrogen-bond acceptors (Lipinski definition) is 4. The fourth-order valence-electron chi connectivity index (χ4n) is 3.69. The zero-order valence-corrected chi connectivity index (χ0v) is 16.6. The Labute approximate surface area is 162 Å². The smallest absolute Gasteiger partial charge is 0.161 e. The Kier molecular flexibility index (Phi) is 6.75. The second kappa shape index (κ2) is 9.25. The lowest BCUT2D eigenvalue weighted by atomic mass is 9.88. The van der Waals surface area contributed by atoms with E-state index in [0.29, 0.717) is 6.61 Å². The lowest BCUT2D eigenvalue weighted by Crippen LogP contribution is -2.43. The Morgan fingerprint density at radius 3 is 2.52 bits per heavy atom. The maximum absolute atomic E-state index is 10.4. The fraction of sp³-hybridized carbons (Fsp3) is 0.478. The van der Waals surface area contributed by atoms with Crippen LogP contribution in [0.25, 0.3) is 0 Å². The van der Waals surface area contributed by atoms with Crippen molar-refractivity contribution in [3.8, 4) is 11.5 Å². The van der Waals surface area contributed by atoms with Crippen molar-refractivity contribution in [1.29, 1.82) is 0 Å². The lowest BCUT2D eigenvalue weighted by molar-refractivity contribution is 0.0290. The van der Waals surface area contributed by atoms with Crippen LogP contribution in [-0.2, 0) is 13.0 Å². The molecule has 1 heterocycles. The molecule has 0 radical (unpaired) electrons. The summed E-state index contributed by atoms with van der Waals surface area (Å²) in [5.74, 6) is 1.76. The number of likely N-dealkylation sites (tertiary alicyclic amines) is 1. The van der Waals surface area contributed by atoms with E-state index in [9.17, 15) is 5.11 Å². The molecule has 0 saturated carbocycles. The predicted octanol–water partition coefficient (Wildman–Crippen LogP) is 3.83. The van der Waals surface area contributed by atoms with E-state index in [-0.39, 0.29) is 12.0 Å². The SMILES string of the molecule is CCN1CCC(O)C(Cc2ccc(OCc3ccc(C)cc3)c(OC)c2)C1. The van der Waals surface area contributed by atoms with Crippen molar-refractivity contribution >= 4 is 0 Å². The highest BCUT2D eigenvalue weighted by molar-refractivity contribution is 5.43. The molecule has 1 fully saturated rings. The van der Waals surface area contributed by atoms with E-state index in [2.05, 4.69) is 49.1 Å². The van der Waals surface area contributed by atoms with Crippen molar-refractivity contribution in [2.45, 2.75) is 39.4 Å². The highest BCUT2D eigenvalue weighted by atomic mass is 16.5. The maximum Gasteiger partial charge on any atom is 0.161 e. The molecule has 2 aromatic carbocycles. The monoisotopic (exact) mass is 369 g/mol. The van der Waals surface area contributed by atoms with Crippen molar-refractivity contribution in [1.82, 2.24) is 4.90 Å². The number of hydrogen-bond donors (Lipinski definition) is 1. The summed E-state index contributed by atoms with van der Waals surface area (Å²) >= 11 is 0. The Morgan fingerprint density at radius 1 is 1.07 bits per heavy atom. The molecule has 0 bridgehead atoms. The molecule has 1 saturated heterocycles. The van der Waals surface area contributed by atoms with Gasteiger partial charge in [0.1, 0.15) is 6.61 Å². The van der Waals surface area contributed by atoms with Gasteiger partial charge in [0.15, 0.2) is 11.5 Å². The number of methoxy groups -OCH3 is 1. The van der Waals surface area contributed by atoms with Crippen molar-refractivity contribution < 1.29 is 14.6 Å². The van der Waals surface area contributed by atoms with Crippen LogP contribution in [0.1, 0.15) is 30.0 Å². The van der Waals surface area contributed by atoms with Gasteiger partial charge >= 0.3 is 0 Å². The van der Waals surface area contributed by atoms with Gasteiger partial charge < -0.3 is 19.5 Å². The second-order valence-corrected chi connectivity index (χ2v) is 7.47. The van der Waals surface area contributed by atoms with Crippen LogP contribution in [0.5, 0.6) is 11.5 Å². The van der Waals surface area contributed by atoms with Gasteiger partial charge in [0, 0.05) is 19.0 Å². The zero-order chi connectivity index (χ0) is 19.2. The molecule has 2 aromatic rings. The molecule has 1 aliphatic heterocycles. The Bertz CT molecular complexity index is 729. The van der Waals surface area contributed by atoms with Crippen molar-refractivity contribution in [2.75, 3.05) is 26.7 Å². The van der Waals surface area contributed by atoms with E-state index in [4.69, 9.17) is 9.47 Å². The number of rotatable bonds is 7. The molecule has 1 N–H and O–H groups in total. The van der Waals surface area contributed by atoms with Crippen LogP contribution in [0, 0.1) is 12.8 Å². The first-order valence-electron chi connectivity index (χ1n) is 9.84. The third-order valence-corrected chi connectivity index (χ3v) is 5.47. The quantitative estimate of drug-likeness (QED) is 0.805. The Balaban J connectivity index is 1.65. The summed E-state index contributed by atoms with van der Waals surface area (Å²) in [5, 5.41) is 10.4. The minimum atomic E-state index is -0.226. The minimum Gasteiger partial charge on any atom is -0.493 e. The normalized spacial score (nSPS) is 20.4. The summed E-state index contributed by atoms with van der Waals surface area (Å²) < 4.78 is 11.5.